The zero-order chi connectivity index (χ0) is 20.9. The Kier molecular flexibility index (Phi) is 4.73. The first-order valence-corrected chi connectivity index (χ1v) is 8.74. The van der Waals surface area contributed by atoms with Crippen molar-refractivity contribution in [1.82, 2.24) is 9.78 Å². The molecule has 1 aliphatic carbocycles. The number of alkyl halides is 3. The number of aromatic nitrogens is 2. The minimum atomic E-state index is -4.46. The number of rotatable bonds is 4. The monoisotopic (exact) mass is 394 g/mol. The fourth-order valence-corrected chi connectivity index (χ4v) is 3.57. The van der Waals surface area contributed by atoms with Crippen molar-refractivity contribution in [2.45, 2.75) is 39.8 Å². The van der Waals surface area contributed by atoms with Crippen LogP contribution in [0.5, 0.6) is 0 Å². The molecular formula is C19H21F3N4O2. The van der Waals surface area contributed by atoms with E-state index in [0.29, 0.717) is 35.5 Å². The SMILES string of the molecule is Cc1nn(-c2ccc(C(N)=O)c(NCC(F)(F)F)c2)c2c1C(=O)CC(C)(C)C2. The lowest BCUT2D eigenvalue weighted by Crippen LogP contribution is -2.28. The molecule has 3 rings (SSSR count). The quantitative estimate of drug-likeness (QED) is 0.832. The van der Waals surface area contributed by atoms with Gasteiger partial charge in [-0.05, 0) is 37.0 Å². The molecule has 0 radical (unpaired) electrons. The van der Waals surface area contributed by atoms with E-state index in [4.69, 9.17) is 5.73 Å². The highest BCUT2D eigenvalue weighted by atomic mass is 19.4. The molecule has 3 N–H and O–H groups in total. The van der Waals surface area contributed by atoms with Crippen LogP contribution in [0.25, 0.3) is 5.69 Å². The molecule has 0 bridgehead atoms. The van der Waals surface area contributed by atoms with E-state index in [-0.39, 0.29) is 22.4 Å². The second kappa shape index (κ2) is 6.65. The van der Waals surface area contributed by atoms with Crippen LogP contribution in [0.15, 0.2) is 18.2 Å². The van der Waals surface area contributed by atoms with Gasteiger partial charge in [-0.1, -0.05) is 13.8 Å². The van der Waals surface area contributed by atoms with Gasteiger partial charge in [-0.25, -0.2) is 4.68 Å². The Labute approximate surface area is 159 Å². The Morgan fingerprint density at radius 3 is 2.61 bits per heavy atom. The van der Waals surface area contributed by atoms with Crippen LogP contribution in [0, 0.1) is 12.3 Å². The maximum Gasteiger partial charge on any atom is 0.405 e. The number of hydrogen-bond acceptors (Lipinski definition) is 4. The number of benzene rings is 1. The van der Waals surface area contributed by atoms with Gasteiger partial charge in [0, 0.05) is 12.1 Å². The number of carbonyl (C=O) groups is 2. The number of carbonyl (C=O) groups excluding carboxylic acids is 2. The molecule has 150 valence electrons. The van der Waals surface area contributed by atoms with E-state index in [9.17, 15) is 22.8 Å². The van der Waals surface area contributed by atoms with Crippen LogP contribution in [-0.2, 0) is 6.42 Å². The molecule has 1 amide bonds. The van der Waals surface area contributed by atoms with Crippen molar-refractivity contribution in [2.75, 3.05) is 11.9 Å². The number of nitrogens with one attached hydrogen (secondary N) is 1. The molecule has 1 aromatic carbocycles. The average molecular weight is 394 g/mol. The van der Waals surface area contributed by atoms with Crippen LogP contribution in [0.4, 0.5) is 18.9 Å². The number of fused-ring (bicyclic) bond motifs is 1. The predicted molar refractivity (Wildman–Crippen MR) is 97.8 cm³/mol. The third-order valence-corrected chi connectivity index (χ3v) is 4.71. The number of aryl methyl sites for hydroxylation is 1. The number of halogens is 3. The van der Waals surface area contributed by atoms with Crippen LogP contribution in [0.2, 0.25) is 0 Å². The summed E-state index contributed by atoms with van der Waals surface area (Å²) in [6, 6.07) is 4.30. The summed E-state index contributed by atoms with van der Waals surface area (Å²) in [6.45, 7) is 4.38. The van der Waals surface area contributed by atoms with Gasteiger partial charge >= 0.3 is 6.18 Å². The van der Waals surface area contributed by atoms with E-state index < -0.39 is 18.6 Å². The number of primary amides is 1. The fraction of sp³-hybridized carbons (Fsp3) is 0.421. The minimum absolute atomic E-state index is 0.000763. The van der Waals surface area contributed by atoms with E-state index in [2.05, 4.69) is 10.4 Å². The predicted octanol–water partition coefficient (Wildman–Crippen LogP) is 3.41. The molecule has 0 fully saturated rings. The number of amides is 1. The highest BCUT2D eigenvalue weighted by molar-refractivity contribution is 6.00. The lowest BCUT2D eigenvalue weighted by molar-refractivity contribution is -0.115. The summed E-state index contributed by atoms with van der Waals surface area (Å²) in [5, 5.41) is 6.66. The van der Waals surface area contributed by atoms with Crippen molar-refractivity contribution >= 4 is 17.4 Å². The summed E-state index contributed by atoms with van der Waals surface area (Å²) in [7, 11) is 0. The maximum atomic E-state index is 12.6. The van der Waals surface area contributed by atoms with Gasteiger partial charge in [0.05, 0.1) is 28.2 Å². The molecule has 28 heavy (non-hydrogen) atoms. The van der Waals surface area contributed by atoms with Crippen molar-refractivity contribution in [3.63, 3.8) is 0 Å². The number of nitrogens with zero attached hydrogens (tertiary/aromatic N) is 2. The summed E-state index contributed by atoms with van der Waals surface area (Å²) in [5.41, 5.74) is 7.23. The Morgan fingerprint density at radius 1 is 1.32 bits per heavy atom. The van der Waals surface area contributed by atoms with Crippen molar-refractivity contribution < 1.29 is 22.8 Å². The zero-order valence-corrected chi connectivity index (χ0v) is 15.8. The lowest BCUT2D eigenvalue weighted by Gasteiger charge is -2.29. The van der Waals surface area contributed by atoms with Crippen molar-refractivity contribution in [3.8, 4) is 5.69 Å². The molecule has 0 atom stereocenters. The third kappa shape index (κ3) is 3.88. The first kappa shape index (κ1) is 19.9. The summed E-state index contributed by atoms with van der Waals surface area (Å²) < 4.78 is 39.4. The van der Waals surface area contributed by atoms with Crippen molar-refractivity contribution in [2.24, 2.45) is 11.1 Å². The van der Waals surface area contributed by atoms with Gasteiger partial charge in [-0.3, -0.25) is 9.59 Å². The Bertz CT molecular complexity index is 961. The molecular weight excluding hydrogens is 373 g/mol. The number of hydrogen-bond donors (Lipinski definition) is 2. The lowest BCUT2D eigenvalue weighted by atomic mass is 9.75. The molecule has 0 aliphatic heterocycles. The molecule has 2 aromatic rings. The molecule has 1 aliphatic rings. The smallest absolute Gasteiger partial charge is 0.376 e. The van der Waals surface area contributed by atoms with Crippen LogP contribution in [0.1, 0.15) is 52.4 Å². The van der Waals surface area contributed by atoms with E-state index in [0.717, 1.165) is 0 Å². The maximum absolute atomic E-state index is 12.6. The molecule has 1 aromatic heterocycles. The molecule has 0 unspecified atom stereocenters. The van der Waals surface area contributed by atoms with Gasteiger partial charge in [0.25, 0.3) is 5.91 Å². The first-order chi connectivity index (χ1) is 12.9. The molecule has 1 heterocycles. The van der Waals surface area contributed by atoms with Crippen LogP contribution in [-0.4, -0.2) is 34.2 Å². The number of Topliss-reactive ketones (excluding diaryl/α,β-unsaturated/α-hetero) is 1. The third-order valence-electron chi connectivity index (χ3n) is 4.71. The molecule has 0 saturated carbocycles. The minimum Gasteiger partial charge on any atom is -0.376 e. The molecule has 0 saturated heterocycles. The second-order valence-corrected chi connectivity index (χ2v) is 7.82. The topological polar surface area (TPSA) is 90.0 Å². The molecule has 6 nitrogen and oxygen atoms in total. The summed E-state index contributed by atoms with van der Waals surface area (Å²) in [6.07, 6.45) is -3.45. The van der Waals surface area contributed by atoms with Gasteiger partial charge in [-0.15, -0.1) is 0 Å². The van der Waals surface area contributed by atoms with E-state index >= 15 is 0 Å². The van der Waals surface area contributed by atoms with Crippen LogP contribution < -0.4 is 11.1 Å². The summed E-state index contributed by atoms with van der Waals surface area (Å²) in [5.74, 6) is -0.842. The average Bonchev–Trinajstić information content (AvgIpc) is 2.87. The van der Waals surface area contributed by atoms with Gasteiger partial charge in [0.1, 0.15) is 6.54 Å². The standard InChI is InChI=1S/C19H21F3N4O2/c1-10-16-14(7-18(2,3)8-15(16)27)26(25-10)11-4-5-12(17(23)28)13(6-11)24-9-19(20,21)22/h4-6,24H,7-9H2,1-3H3,(H2,23,28). The molecule has 0 spiro atoms. The Hall–Kier alpha value is -2.84. The Morgan fingerprint density at radius 2 is 2.00 bits per heavy atom. The van der Waals surface area contributed by atoms with Gasteiger partial charge in [0.2, 0.25) is 0 Å². The van der Waals surface area contributed by atoms with Crippen LogP contribution in [0.3, 0.4) is 0 Å². The highest BCUT2D eigenvalue weighted by Gasteiger charge is 2.36. The highest BCUT2D eigenvalue weighted by Crippen LogP contribution is 2.37. The van der Waals surface area contributed by atoms with Crippen LogP contribution >= 0.6 is 0 Å². The van der Waals surface area contributed by atoms with Gasteiger partial charge in [0.15, 0.2) is 5.78 Å². The van der Waals surface area contributed by atoms with Crippen molar-refractivity contribution in [3.05, 3.63) is 40.7 Å². The first-order valence-electron chi connectivity index (χ1n) is 8.74. The largest absolute Gasteiger partial charge is 0.405 e. The van der Waals surface area contributed by atoms with E-state index in [1.165, 1.54) is 12.1 Å². The van der Waals surface area contributed by atoms with Crippen molar-refractivity contribution in [1.29, 1.82) is 0 Å². The van der Waals surface area contributed by atoms with Gasteiger partial charge < -0.3 is 11.1 Å². The van der Waals surface area contributed by atoms with E-state index in [1.54, 1.807) is 17.7 Å². The number of nitrogens with two attached hydrogens (primary N) is 1. The Balaban J connectivity index is 2.09. The van der Waals surface area contributed by atoms with Gasteiger partial charge in [-0.2, -0.15) is 18.3 Å². The number of ketones is 1. The normalized spacial score (nSPS) is 16.0. The molecule has 9 heteroatoms. The fourth-order valence-electron chi connectivity index (χ4n) is 3.57. The summed E-state index contributed by atoms with van der Waals surface area (Å²) in [4.78, 5) is 24.1. The number of anilines is 1. The zero-order valence-electron chi connectivity index (χ0n) is 15.8. The van der Waals surface area contributed by atoms with E-state index in [1.807, 2.05) is 13.8 Å². The summed E-state index contributed by atoms with van der Waals surface area (Å²) >= 11 is 0. The second-order valence-electron chi connectivity index (χ2n) is 7.82.